The molecule has 0 bridgehead atoms. The lowest BCUT2D eigenvalue weighted by atomic mass is 10.1. The Morgan fingerprint density at radius 3 is 2.24 bits per heavy atom. The summed E-state index contributed by atoms with van der Waals surface area (Å²) in [5.74, 6) is 0.977. The van der Waals surface area contributed by atoms with Gasteiger partial charge < -0.3 is 14.8 Å². The summed E-state index contributed by atoms with van der Waals surface area (Å²) in [7, 11) is -2.02. The van der Waals surface area contributed by atoms with E-state index in [-0.39, 0.29) is 19.2 Å². The highest BCUT2D eigenvalue weighted by molar-refractivity contribution is 7.92. The number of rotatable bonds is 9. The summed E-state index contributed by atoms with van der Waals surface area (Å²) in [4.78, 5) is 12.4. The van der Waals surface area contributed by atoms with E-state index >= 15 is 0 Å². The number of carbonyl (C=O) groups excluding carboxylic acids is 1. The summed E-state index contributed by atoms with van der Waals surface area (Å²) >= 11 is 0. The minimum atomic E-state index is -3.61. The van der Waals surface area contributed by atoms with E-state index in [9.17, 15) is 13.2 Å². The van der Waals surface area contributed by atoms with E-state index in [0.717, 1.165) is 27.4 Å². The van der Waals surface area contributed by atoms with Gasteiger partial charge in [-0.15, -0.1) is 0 Å². The van der Waals surface area contributed by atoms with Gasteiger partial charge in [0.2, 0.25) is 15.9 Å². The average molecular weight is 421 g/mol. The first-order chi connectivity index (χ1) is 13.6. The number of anilines is 1. The number of benzene rings is 2. The van der Waals surface area contributed by atoms with Crippen LogP contribution in [0.15, 0.2) is 42.5 Å². The Bertz CT molecular complexity index is 942. The Hall–Kier alpha value is -2.74. The lowest BCUT2D eigenvalue weighted by Crippen LogP contribution is -2.44. The zero-order valence-electron chi connectivity index (χ0n) is 17.4. The molecule has 0 unspecified atom stereocenters. The van der Waals surface area contributed by atoms with Crippen LogP contribution in [0.25, 0.3) is 0 Å². The molecule has 8 heteroatoms. The van der Waals surface area contributed by atoms with Gasteiger partial charge in [-0.25, -0.2) is 8.42 Å². The Morgan fingerprint density at radius 2 is 1.69 bits per heavy atom. The molecule has 0 saturated carbocycles. The van der Waals surface area contributed by atoms with Crippen molar-refractivity contribution in [3.8, 4) is 11.5 Å². The highest BCUT2D eigenvalue weighted by Gasteiger charge is 2.22. The first-order valence-electron chi connectivity index (χ1n) is 9.21. The molecule has 0 aromatic heterocycles. The van der Waals surface area contributed by atoms with E-state index in [1.807, 2.05) is 19.9 Å². The van der Waals surface area contributed by atoms with Crippen LogP contribution in [-0.2, 0) is 14.8 Å². The number of hydrogen-bond acceptors (Lipinski definition) is 5. The second-order valence-electron chi connectivity index (χ2n) is 6.99. The number of ether oxygens (including phenoxy) is 2. The molecule has 29 heavy (non-hydrogen) atoms. The third kappa shape index (κ3) is 6.67. The summed E-state index contributed by atoms with van der Waals surface area (Å²) in [6, 6.07) is 12.1. The second-order valence-corrected chi connectivity index (χ2v) is 8.90. The number of nitrogens with zero attached hydrogens (tertiary/aromatic N) is 1. The van der Waals surface area contributed by atoms with Crippen molar-refractivity contribution in [2.75, 3.05) is 30.8 Å². The molecule has 0 aliphatic carbocycles. The summed E-state index contributed by atoms with van der Waals surface area (Å²) < 4.78 is 36.3. The molecule has 0 saturated heterocycles. The molecule has 0 aliphatic rings. The fourth-order valence-electron chi connectivity index (χ4n) is 2.67. The molecule has 158 valence electrons. The van der Waals surface area contributed by atoms with E-state index in [1.54, 1.807) is 50.4 Å². The van der Waals surface area contributed by atoms with Crippen LogP contribution >= 0.6 is 0 Å². The maximum atomic E-state index is 12.4. The lowest BCUT2D eigenvalue weighted by molar-refractivity contribution is -0.120. The standard InChI is InChI=1S/C21H28N2O5S/c1-15-6-7-18(12-16(15)2)23(29(5,25)26)13-21(24)22-17(3)14-28-20-10-8-19(27-4)9-11-20/h6-12,17H,13-14H2,1-5H3,(H,22,24)/t17-/m1/s1. The lowest BCUT2D eigenvalue weighted by Gasteiger charge is -2.24. The first kappa shape index (κ1) is 22.5. The van der Waals surface area contributed by atoms with Gasteiger partial charge in [-0.3, -0.25) is 9.10 Å². The van der Waals surface area contributed by atoms with Crippen molar-refractivity contribution < 1.29 is 22.7 Å². The number of hydrogen-bond donors (Lipinski definition) is 1. The Morgan fingerprint density at radius 1 is 1.07 bits per heavy atom. The number of carbonyl (C=O) groups is 1. The SMILES string of the molecule is COc1ccc(OC[C@@H](C)NC(=O)CN(c2ccc(C)c(C)c2)S(C)(=O)=O)cc1. The topological polar surface area (TPSA) is 84.9 Å². The van der Waals surface area contributed by atoms with Crippen molar-refractivity contribution in [1.82, 2.24) is 5.32 Å². The number of nitrogens with one attached hydrogen (secondary N) is 1. The average Bonchev–Trinajstić information content (AvgIpc) is 2.66. The molecule has 0 spiro atoms. The molecule has 2 rings (SSSR count). The van der Waals surface area contributed by atoms with Crippen LogP contribution in [0.2, 0.25) is 0 Å². The summed E-state index contributed by atoms with van der Waals surface area (Å²) in [6.45, 7) is 5.59. The molecule has 0 fully saturated rings. The fourth-order valence-corrected chi connectivity index (χ4v) is 3.51. The van der Waals surface area contributed by atoms with Gasteiger partial charge in [0.05, 0.1) is 25.1 Å². The van der Waals surface area contributed by atoms with Crippen molar-refractivity contribution in [3.63, 3.8) is 0 Å². The second kappa shape index (κ2) is 9.65. The predicted molar refractivity (Wildman–Crippen MR) is 114 cm³/mol. The highest BCUT2D eigenvalue weighted by Crippen LogP contribution is 2.21. The van der Waals surface area contributed by atoms with Crippen LogP contribution in [0.3, 0.4) is 0 Å². The molecule has 0 radical (unpaired) electrons. The van der Waals surface area contributed by atoms with Crippen molar-refractivity contribution in [3.05, 3.63) is 53.6 Å². The third-order valence-electron chi connectivity index (χ3n) is 4.43. The molecule has 7 nitrogen and oxygen atoms in total. The summed E-state index contributed by atoms with van der Waals surface area (Å²) in [5.41, 5.74) is 2.47. The molecule has 0 heterocycles. The van der Waals surface area contributed by atoms with Crippen LogP contribution in [0, 0.1) is 13.8 Å². The Kier molecular flexibility index (Phi) is 7.50. The van der Waals surface area contributed by atoms with Crippen molar-refractivity contribution in [2.24, 2.45) is 0 Å². The zero-order valence-corrected chi connectivity index (χ0v) is 18.2. The molecular weight excluding hydrogens is 392 g/mol. The largest absolute Gasteiger partial charge is 0.497 e. The fraction of sp³-hybridized carbons (Fsp3) is 0.381. The minimum absolute atomic E-state index is 0.251. The van der Waals surface area contributed by atoms with Crippen molar-refractivity contribution in [1.29, 1.82) is 0 Å². The molecule has 2 aromatic carbocycles. The quantitative estimate of drug-likeness (QED) is 0.674. The van der Waals surface area contributed by atoms with Crippen LogP contribution in [0.5, 0.6) is 11.5 Å². The predicted octanol–water partition coefficient (Wildman–Crippen LogP) is 2.66. The first-order valence-corrected chi connectivity index (χ1v) is 11.1. The van der Waals surface area contributed by atoms with E-state index in [4.69, 9.17) is 9.47 Å². The van der Waals surface area contributed by atoms with Gasteiger partial charge in [0, 0.05) is 0 Å². The van der Waals surface area contributed by atoms with Gasteiger partial charge in [0.15, 0.2) is 0 Å². The minimum Gasteiger partial charge on any atom is -0.497 e. The summed E-state index contributed by atoms with van der Waals surface area (Å²) in [6.07, 6.45) is 1.09. The molecule has 2 aromatic rings. The van der Waals surface area contributed by atoms with Gasteiger partial charge in [0.1, 0.15) is 24.7 Å². The highest BCUT2D eigenvalue weighted by atomic mass is 32.2. The van der Waals surface area contributed by atoms with Gasteiger partial charge in [-0.1, -0.05) is 6.07 Å². The maximum Gasteiger partial charge on any atom is 0.241 e. The van der Waals surface area contributed by atoms with E-state index in [2.05, 4.69) is 5.32 Å². The monoisotopic (exact) mass is 420 g/mol. The molecule has 1 amide bonds. The number of aryl methyl sites for hydroxylation is 2. The normalized spacial score (nSPS) is 12.2. The van der Waals surface area contributed by atoms with Gasteiger partial charge >= 0.3 is 0 Å². The number of methoxy groups -OCH3 is 1. The molecular formula is C21H28N2O5S. The van der Waals surface area contributed by atoms with Crippen LogP contribution < -0.4 is 19.1 Å². The van der Waals surface area contributed by atoms with E-state index in [1.165, 1.54) is 0 Å². The summed E-state index contributed by atoms with van der Waals surface area (Å²) in [5, 5.41) is 2.78. The van der Waals surface area contributed by atoms with E-state index in [0.29, 0.717) is 11.4 Å². The number of sulfonamides is 1. The van der Waals surface area contributed by atoms with Crippen LogP contribution in [0.4, 0.5) is 5.69 Å². The van der Waals surface area contributed by atoms with Crippen molar-refractivity contribution in [2.45, 2.75) is 26.8 Å². The number of amides is 1. The molecule has 0 aliphatic heterocycles. The Labute approximate surface area is 172 Å². The Balaban J connectivity index is 1.97. The van der Waals surface area contributed by atoms with Gasteiger partial charge in [-0.05, 0) is 68.3 Å². The smallest absolute Gasteiger partial charge is 0.241 e. The van der Waals surface area contributed by atoms with Crippen LogP contribution in [0.1, 0.15) is 18.1 Å². The van der Waals surface area contributed by atoms with E-state index < -0.39 is 15.9 Å². The third-order valence-corrected chi connectivity index (χ3v) is 5.57. The maximum absolute atomic E-state index is 12.4. The van der Waals surface area contributed by atoms with Crippen molar-refractivity contribution >= 4 is 21.6 Å². The molecule has 1 atom stereocenters. The van der Waals surface area contributed by atoms with Gasteiger partial charge in [-0.2, -0.15) is 0 Å². The van der Waals surface area contributed by atoms with Crippen LogP contribution in [-0.4, -0.2) is 46.9 Å². The zero-order chi connectivity index (χ0) is 21.6. The molecule has 1 N–H and O–H groups in total. The van der Waals surface area contributed by atoms with Gasteiger partial charge in [0.25, 0.3) is 0 Å².